The van der Waals surface area contributed by atoms with Crippen molar-refractivity contribution in [2.24, 2.45) is 5.41 Å². The Morgan fingerprint density at radius 3 is 2.72 bits per heavy atom. The van der Waals surface area contributed by atoms with Gasteiger partial charge in [-0.25, -0.2) is 9.07 Å². The summed E-state index contributed by atoms with van der Waals surface area (Å²) in [4.78, 5) is 6.76. The molecule has 5 rings (SSSR count). The zero-order valence-corrected chi connectivity index (χ0v) is 19.0. The largest absolute Gasteiger partial charge is 0.307 e. The summed E-state index contributed by atoms with van der Waals surface area (Å²) >= 11 is 0. The molecule has 3 heterocycles. The van der Waals surface area contributed by atoms with E-state index in [1.54, 1.807) is 12.1 Å². The molecule has 0 unspecified atom stereocenters. The monoisotopic (exact) mass is 433 g/mol. The number of pyridine rings is 1. The van der Waals surface area contributed by atoms with Crippen LogP contribution in [0.1, 0.15) is 56.0 Å². The number of aromatic nitrogens is 3. The molecule has 0 spiro atoms. The van der Waals surface area contributed by atoms with Gasteiger partial charge in [0, 0.05) is 42.3 Å². The van der Waals surface area contributed by atoms with Gasteiger partial charge in [-0.05, 0) is 74.0 Å². The van der Waals surface area contributed by atoms with E-state index in [0.717, 1.165) is 51.0 Å². The van der Waals surface area contributed by atoms with Crippen molar-refractivity contribution >= 4 is 0 Å². The van der Waals surface area contributed by atoms with Crippen LogP contribution >= 0.6 is 0 Å². The number of nitrogens with zero attached hydrogens (tertiary/aromatic N) is 4. The average molecular weight is 434 g/mol. The van der Waals surface area contributed by atoms with E-state index in [1.807, 2.05) is 35.4 Å². The third-order valence-electron chi connectivity index (χ3n) is 6.89. The number of hydrogen-bond acceptors (Lipinski definition) is 4. The second-order valence-electron chi connectivity index (χ2n) is 10.1. The summed E-state index contributed by atoms with van der Waals surface area (Å²) in [5, 5.41) is 8.64. The van der Waals surface area contributed by atoms with Gasteiger partial charge in [-0.2, -0.15) is 5.10 Å². The highest BCUT2D eigenvalue weighted by atomic mass is 19.1. The predicted octanol–water partition coefficient (Wildman–Crippen LogP) is 4.67. The molecule has 0 radical (unpaired) electrons. The van der Waals surface area contributed by atoms with Gasteiger partial charge in [0.05, 0.1) is 11.9 Å². The first-order chi connectivity index (χ1) is 15.5. The number of hydrogen-bond donors (Lipinski definition) is 1. The summed E-state index contributed by atoms with van der Waals surface area (Å²) in [6.07, 6.45) is 10.1. The number of rotatable bonds is 5. The van der Waals surface area contributed by atoms with Crippen molar-refractivity contribution in [2.75, 3.05) is 13.1 Å². The second-order valence-corrected chi connectivity index (χ2v) is 10.1. The van der Waals surface area contributed by atoms with Crippen molar-refractivity contribution in [1.82, 2.24) is 25.0 Å². The van der Waals surface area contributed by atoms with E-state index in [4.69, 9.17) is 0 Å². The molecule has 1 saturated heterocycles. The van der Waals surface area contributed by atoms with Crippen LogP contribution in [0, 0.1) is 11.2 Å². The van der Waals surface area contributed by atoms with Crippen LogP contribution < -0.4 is 5.32 Å². The van der Waals surface area contributed by atoms with Gasteiger partial charge in [-0.15, -0.1) is 0 Å². The zero-order chi connectivity index (χ0) is 22.1. The third kappa shape index (κ3) is 4.62. The fraction of sp³-hybridized carbons (Fsp3) is 0.462. The first-order valence-corrected chi connectivity index (χ1v) is 11.7. The molecule has 3 aromatic rings. The molecule has 1 aliphatic carbocycles. The Balaban J connectivity index is 1.28. The van der Waals surface area contributed by atoms with Gasteiger partial charge < -0.3 is 5.32 Å². The van der Waals surface area contributed by atoms with E-state index >= 15 is 0 Å². The van der Waals surface area contributed by atoms with Crippen LogP contribution in [0.15, 0.2) is 55.0 Å². The van der Waals surface area contributed by atoms with Crippen molar-refractivity contribution < 1.29 is 4.39 Å². The fourth-order valence-electron chi connectivity index (χ4n) is 5.31. The van der Waals surface area contributed by atoms with Gasteiger partial charge in [0.1, 0.15) is 5.82 Å². The summed E-state index contributed by atoms with van der Waals surface area (Å²) in [7, 11) is 0. The first-order valence-electron chi connectivity index (χ1n) is 11.7. The molecular weight excluding hydrogens is 401 g/mol. The van der Waals surface area contributed by atoms with E-state index in [2.05, 4.69) is 40.2 Å². The van der Waals surface area contributed by atoms with Gasteiger partial charge >= 0.3 is 0 Å². The average Bonchev–Trinajstić information content (AvgIpc) is 3.19. The SMILES string of the molecule is CC1(C)Cc2c(cnn2-c2cccc(F)c2)[C@@H](NC2CCN(Cc3cccnc3)CC2)C1. The summed E-state index contributed by atoms with van der Waals surface area (Å²) in [6.45, 7) is 7.81. The van der Waals surface area contributed by atoms with Crippen LogP contribution in [0.25, 0.3) is 5.69 Å². The van der Waals surface area contributed by atoms with Gasteiger partial charge in [-0.3, -0.25) is 9.88 Å². The van der Waals surface area contributed by atoms with Gasteiger partial charge in [0.25, 0.3) is 0 Å². The number of halogens is 1. The summed E-state index contributed by atoms with van der Waals surface area (Å²) in [5.74, 6) is -0.227. The lowest BCUT2D eigenvalue weighted by Crippen LogP contribution is -2.45. The first kappa shape index (κ1) is 21.3. The number of fused-ring (bicyclic) bond motifs is 1. The highest BCUT2D eigenvalue weighted by Gasteiger charge is 2.36. The summed E-state index contributed by atoms with van der Waals surface area (Å²) < 4.78 is 15.8. The van der Waals surface area contributed by atoms with E-state index in [0.29, 0.717) is 6.04 Å². The Morgan fingerprint density at radius 2 is 1.97 bits per heavy atom. The lowest BCUT2D eigenvalue weighted by atomic mass is 9.74. The van der Waals surface area contributed by atoms with Crippen LogP contribution in [-0.4, -0.2) is 38.8 Å². The van der Waals surface area contributed by atoms with Crippen molar-refractivity contribution in [3.05, 3.63) is 77.6 Å². The van der Waals surface area contributed by atoms with Crippen molar-refractivity contribution in [1.29, 1.82) is 0 Å². The quantitative estimate of drug-likeness (QED) is 0.635. The zero-order valence-electron chi connectivity index (χ0n) is 19.0. The molecule has 0 bridgehead atoms. The Hall–Kier alpha value is -2.57. The molecule has 5 nitrogen and oxygen atoms in total. The van der Waals surface area contributed by atoms with Gasteiger partial charge in [-0.1, -0.05) is 26.0 Å². The van der Waals surface area contributed by atoms with Crippen LogP contribution in [-0.2, 0) is 13.0 Å². The molecule has 1 N–H and O–H groups in total. The highest BCUT2D eigenvalue weighted by molar-refractivity contribution is 5.38. The summed E-state index contributed by atoms with van der Waals surface area (Å²) in [5.41, 5.74) is 4.72. The Morgan fingerprint density at radius 1 is 1.12 bits per heavy atom. The number of benzene rings is 1. The maximum absolute atomic E-state index is 13.8. The number of piperidine rings is 1. The molecular formula is C26H32FN5. The van der Waals surface area contributed by atoms with E-state index < -0.39 is 0 Å². The second kappa shape index (κ2) is 8.75. The van der Waals surface area contributed by atoms with Crippen molar-refractivity contribution in [2.45, 2.75) is 58.2 Å². The molecule has 168 valence electrons. The normalized spacial score (nSPS) is 21.4. The molecule has 2 aromatic heterocycles. The minimum Gasteiger partial charge on any atom is -0.307 e. The van der Waals surface area contributed by atoms with Crippen LogP contribution in [0.4, 0.5) is 4.39 Å². The lowest BCUT2D eigenvalue weighted by molar-refractivity contribution is 0.168. The van der Waals surface area contributed by atoms with Crippen molar-refractivity contribution in [3.63, 3.8) is 0 Å². The van der Waals surface area contributed by atoms with E-state index in [9.17, 15) is 4.39 Å². The molecule has 1 fully saturated rings. The van der Waals surface area contributed by atoms with Crippen LogP contribution in [0.5, 0.6) is 0 Å². The standard InChI is InChI=1S/C26H32FN5/c1-26(2)14-24(23-17-29-32(25(23)15-26)22-7-3-6-20(27)13-22)30-21-8-11-31(12-9-21)18-19-5-4-10-28-16-19/h3-7,10,13,16-17,21,24,30H,8-9,11-12,14-15,18H2,1-2H3/t24-/m0/s1. The molecule has 1 atom stereocenters. The van der Waals surface area contributed by atoms with E-state index in [1.165, 1.54) is 22.9 Å². The minimum absolute atomic E-state index is 0.163. The maximum Gasteiger partial charge on any atom is 0.125 e. The summed E-state index contributed by atoms with van der Waals surface area (Å²) in [6, 6.07) is 11.7. The topological polar surface area (TPSA) is 46.0 Å². The van der Waals surface area contributed by atoms with E-state index in [-0.39, 0.29) is 17.3 Å². The van der Waals surface area contributed by atoms with Gasteiger partial charge in [0.2, 0.25) is 0 Å². The van der Waals surface area contributed by atoms with Gasteiger partial charge in [0.15, 0.2) is 0 Å². The Bertz CT molecular complexity index is 1050. The van der Waals surface area contributed by atoms with Crippen LogP contribution in [0.2, 0.25) is 0 Å². The molecule has 0 saturated carbocycles. The fourth-order valence-corrected chi connectivity index (χ4v) is 5.31. The third-order valence-corrected chi connectivity index (χ3v) is 6.89. The lowest BCUT2D eigenvalue weighted by Gasteiger charge is -2.40. The Kier molecular flexibility index (Phi) is 5.82. The molecule has 0 amide bonds. The molecule has 1 aromatic carbocycles. The maximum atomic E-state index is 13.8. The molecule has 2 aliphatic rings. The number of nitrogens with one attached hydrogen (secondary N) is 1. The Labute approximate surface area is 189 Å². The molecule has 32 heavy (non-hydrogen) atoms. The van der Waals surface area contributed by atoms with Crippen molar-refractivity contribution in [3.8, 4) is 5.69 Å². The van der Waals surface area contributed by atoms with Crippen LogP contribution in [0.3, 0.4) is 0 Å². The highest BCUT2D eigenvalue weighted by Crippen LogP contribution is 2.42. The molecule has 1 aliphatic heterocycles. The molecule has 6 heteroatoms. The predicted molar refractivity (Wildman–Crippen MR) is 124 cm³/mol. The minimum atomic E-state index is -0.227. The number of likely N-dealkylation sites (tertiary alicyclic amines) is 1. The smallest absolute Gasteiger partial charge is 0.125 e.